The number of nitrogens with zero attached hydrogens (tertiary/aromatic N) is 3. The molecule has 0 spiro atoms. The van der Waals surface area contributed by atoms with E-state index in [1.807, 2.05) is 36.7 Å². The van der Waals surface area contributed by atoms with Crippen molar-refractivity contribution in [1.82, 2.24) is 9.88 Å². The van der Waals surface area contributed by atoms with Crippen molar-refractivity contribution in [3.63, 3.8) is 0 Å². The number of benzene rings is 1. The van der Waals surface area contributed by atoms with Gasteiger partial charge < -0.3 is 5.11 Å². The van der Waals surface area contributed by atoms with Crippen molar-refractivity contribution in [2.75, 3.05) is 13.6 Å². The highest BCUT2D eigenvalue weighted by molar-refractivity contribution is 7.11. The van der Waals surface area contributed by atoms with Crippen molar-refractivity contribution < 1.29 is 5.11 Å². The lowest BCUT2D eigenvalue weighted by molar-refractivity contribution is 0.184. The van der Waals surface area contributed by atoms with Gasteiger partial charge in [0, 0.05) is 22.0 Å². The van der Waals surface area contributed by atoms with Gasteiger partial charge in [0.1, 0.15) is 22.4 Å². The molecule has 1 aliphatic rings. The molecule has 1 saturated carbocycles. The maximum atomic E-state index is 10.5. The smallest absolute Gasteiger partial charge is 0.138 e. The van der Waals surface area contributed by atoms with E-state index in [4.69, 9.17) is 11.6 Å². The Labute approximate surface area is 163 Å². The van der Waals surface area contributed by atoms with Gasteiger partial charge in [-0.3, -0.25) is 4.90 Å². The normalized spacial score (nSPS) is 16.4. The van der Waals surface area contributed by atoms with Crippen molar-refractivity contribution in [1.29, 1.82) is 5.26 Å². The summed E-state index contributed by atoms with van der Waals surface area (Å²) in [7, 11) is 2.02. The summed E-state index contributed by atoms with van der Waals surface area (Å²) in [6, 6.07) is 10.0. The molecule has 0 bridgehead atoms. The van der Waals surface area contributed by atoms with Crippen LogP contribution in [0.1, 0.15) is 37.1 Å². The van der Waals surface area contributed by atoms with Crippen molar-refractivity contribution >= 4 is 28.5 Å². The van der Waals surface area contributed by atoms with Crippen molar-refractivity contribution in [2.45, 2.75) is 38.1 Å². The zero-order valence-corrected chi connectivity index (χ0v) is 16.4. The molecule has 1 N–H and O–H groups in total. The van der Waals surface area contributed by atoms with E-state index in [1.165, 1.54) is 30.6 Å². The maximum Gasteiger partial charge on any atom is 0.138 e. The largest absolute Gasteiger partial charge is 0.509 e. The van der Waals surface area contributed by atoms with Crippen molar-refractivity contribution in [3.8, 4) is 17.3 Å². The highest BCUT2D eigenvalue weighted by Crippen LogP contribution is 2.29. The number of likely N-dealkylation sites (N-methyl/N-ethyl adjacent to an activating group) is 1. The molecule has 136 valence electrons. The SMILES string of the molecule is CN(CC(O)=C(C#N)c1nc(-c2ccc(Cl)cc2)cs1)C1CCCCC1. The van der Waals surface area contributed by atoms with Crippen molar-refractivity contribution in [3.05, 3.63) is 45.4 Å². The van der Waals surface area contributed by atoms with Gasteiger partial charge in [0.15, 0.2) is 0 Å². The molecule has 0 unspecified atom stereocenters. The molecule has 0 saturated heterocycles. The maximum absolute atomic E-state index is 10.5. The molecule has 1 aliphatic carbocycles. The minimum Gasteiger partial charge on any atom is -0.509 e. The zero-order chi connectivity index (χ0) is 18.5. The highest BCUT2D eigenvalue weighted by atomic mass is 35.5. The standard InChI is InChI=1S/C20H22ClN3OS/c1-24(16-5-3-2-4-6-16)12-19(25)17(11-22)20-23-18(13-26-20)14-7-9-15(21)10-8-14/h7-10,13,16,25H,2-6,12H2,1H3. The van der Waals surface area contributed by atoms with Crippen LogP contribution in [0.25, 0.3) is 16.8 Å². The number of allylic oxidation sites excluding steroid dienone is 1. The molecule has 0 atom stereocenters. The highest BCUT2D eigenvalue weighted by Gasteiger charge is 2.21. The fraction of sp³-hybridized carbons (Fsp3) is 0.400. The van der Waals surface area contributed by atoms with Gasteiger partial charge in [-0.15, -0.1) is 11.3 Å². The Hall–Kier alpha value is -1.87. The molecular weight excluding hydrogens is 366 g/mol. The van der Waals surface area contributed by atoms with Gasteiger partial charge in [0.05, 0.1) is 12.2 Å². The summed E-state index contributed by atoms with van der Waals surface area (Å²) in [6.45, 7) is 0.378. The molecule has 0 radical (unpaired) electrons. The lowest BCUT2D eigenvalue weighted by Crippen LogP contribution is -2.35. The van der Waals surface area contributed by atoms with Crippen LogP contribution in [0.4, 0.5) is 0 Å². The molecule has 0 aliphatic heterocycles. The topological polar surface area (TPSA) is 60.1 Å². The Balaban J connectivity index is 1.78. The predicted molar refractivity (Wildman–Crippen MR) is 107 cm³/mol. The second kappa shape index (κ2) is 8.68. The molecule has 1 aromatic carbocycles. The number of hydrogen-bond acceptors (Lipinski definition) is 5. The van der Waals surface area contributed by atoms with Crippen LogP contribution in [0.2, 0.25) is 5.02 Å². The number of halogens is 1. The van der Waals surface area contributed by atoms with Crippen LogP contribution in [0.3, 0.4) is 0 Å². The Morgan fingerprint density at radius 1 is 1.31 bits per heavy atom. The fourth-order valence-electron chi connectivity index (χ4n) is 3.34. The van der Waals surface area contributed by atoms with Gasteiger partial charge in [-0.1, -0.05) is 43.0 Å². The van der Waals surface area contributed by atoms with Crippen LogP contribution in [-0.2, 0) is 0 Å². The van der Waals surface area contributed by atoms with Gasteiger partial charge in [0.2, 0.25) is 0 Å². The summed E-state index contributed by atoms with van der Waals surface area (Å²) < 4.78 is 0. The Kier molecular flexibility index (Phi) is 6.31. The van der Waals surface area contributed by atoms with E-state index in [1.54, 1.807) is 0 Å². The molecule has 4 nitrogen and oxygen atoms in total. The Morgan fingerprint density at radius 3 is 2.65 bits per heavy atom. The number of nitriles is 1. The summed E-state index contributed by atoms with van der Waals surface area (Å²) >= 11 is 7.29. The summed E-state index contributed by atoms with van der Waals surface area (Å²) in [6.07, 6.45) is 6.08. The van der Waals surface area contributed by atoms with Crippen LogP contribution in [-0.4, -0.2) is 34.6 Å². The van der Waals surface area contributed by atoms with E-state index in [9.17, 15) is 10.4 Å². The minimum absolute atomic E-state index is 0.0950. The van der Waals surface area contributed by atoms with Gasteiger partial charge in [-0.25, -0.2) is 4.98 Å². The quantitative estimate of drug-likeness (QED) is 0.542. The summed E-state index contributed by atoms with van der Waals surface area (Å²) in [4.78, 5) is 6.69. The van der Waals surface area contributed by atoms with Gasteiger partial charge >= 0.3 is 0 Å². The van der Waals surface area contributed by atoms with E-state index in [0.29, 0.717) is 22.6 Å². The molecule has 3 rings (SSSR count). The molecule has 0 amide bonds. The lowest BCUT2D eigenvalue weighted by atomic mass is 9.94. The third kappa shape index (κ3) is 4.45. The van der Waals surface area contributed by atoms with Gasteiger partial charge in [-0.05, 0) is 32.0 Å². The summed E-state index contributed by atoms with van der Waals surface area (Å²) in [5.74, 6) is 0.0950. The fourth-order valence-corrected chi connectivity index (χ4v) is 4.31. The van der Waals surface area contributed by atoms with Crippen LogP contribution < -0.4 is 0 Å². The Morgan fingerprint density at radius 2 is 2.00 bits per heavy atom. The second-order valence-corrected chi connectivity index (χ2v) is 7.98. The first-order chi connectivity index (χ1) is 12.6. The van der Waals surface area contributed by atoms with Crippen molar-refractivity contribution in [2.24, 2.45) is 0 Å². The molecule has 1 aromatic heterocycles. The second-order valence-electron chi connectivity index (χ2n) is 6.69. The molecule has 1 fully saturated rings. The van der Waals surface area contributed by atoms with Gasteiger partial charge in [0.25, 0.3) is 0 Å². The molecule has 1 heterocycles. The first-order valence-electron chi connectivity index (χ1n) is 8.82. The predicted octanol–water partition coefficient (Wildman–Crippen LogP) is 5.52. The number of aliphatic hydroxyl groups is 1. The molecule has 6 heteroatoms. The van der Waals surface area contributed by atoms with E-state index in [-0.39, 0.29) is 11.3 Å². The lowest BCUT2D eigenvalue weighted by Gasteiger charge is -2.30. The van der Waals surface area contributed by atoms with Crippen LogP contribution in [0.5, 0.6) is 0 Å². The van der Waals surface area contributed by atoms with Gasteiger partial charge in [-0.2, -0.15) is 5.26 Å². The number of rotatable bonds is 5. The Bertz CT molecular complexity index is 816. The summed E-state index contributed by atoms with van der Waals surface area (Å²) in [5, 5.41) is 23.2. The number of thiazole rings is 1. The van der Waals surface area contributed by atoms with Crippen LogP contribution in [0, 0.1) is 11.3 Å². The third-order valence-electron chi connectivity index (χ3n) is 4.86. The van der Waals surface area contributed by atoms with E-state index < -0.39 is 0 Å². The molecule has 2 aromatic rings. The first kappa shape index (κ1) is 18.9. The molecule has 26 heavy (non-hydrogen) atoms. The number of aromatic nitrogens is 1. The van der Waals surface area contributed by atoms with Crippen LogP contribution in [0.15, 0.2) is 35.4 Å². The van der Waals surface area contributed by atoms with E-state index >= 15 is 0 Å². The number of hydrogen-bond donors (Lipinski definition) is 1. The summed E-state index contributed by atoms with van der Waals surface area (Å²) in [5.41, 5.74) is 1.98. The first-order valence-corrected chi connectivity index (χ1v) is 10.1. The third-order valence-corrected chi connectivity index (χ3v) is 5.97. The monoisotopic (exact) mass is 387 g/mol. The van der Waals surface area contributed by atoms with E-state index in [0.717, 1.165) is 24.1 Å². The van der Waals surface area contributed by atoms with Crippen LogP contribution >= 0.6 is 22.9 Å². The van der Waals surface area contributed by atoms with E-state index in [2.05, 4.69) is 16.0 Å². The average molecular weight is 388 g/mol. The number of aliphatic hydroxyl groups excluding tert-OH is 1. The average Bonchev–Trinajstić information content (AvgIpc) is 3.13. The molecular formula is C20H22ClN3OS. The minimum atomic E-state index is 0.0950. The zero-order valence-electron chi connectivity index (χ0n) is 14.8.